The van der Waals surface area contributed by atoms with Gasteiger partial charge in [0.25, 0.3) is 0 Å². The molecule has 0 radical (unpaired) electrons. The molecule has 1 N–H and O–H groups in total. The molecule has 3 nitrogen and oxygen atoms in total. The second-order valence-electron chi connectivity index (χ2n) is 5.73. The highest BCUT2D eigenvalue weighted by Crippen LogP contribution is 2.10. The van der Waals surface area contributed by atoms with Crippen LogP contribution in [0.2, 0.25) is 0 Å². The van der Waals surface area contributed by atoms with E-state index in [0.29, 0.717) is 12.8 Å². The number of carbonyl (C=O) groups is 2. The number of hydrogen-bond acceptors (Lipinski definition) is 2. The zero-order valence-electron chi connectivity index (χ0n) is 13.6. The van der Waals surface area contributed by atoms with E-state index in [2.05, 4.69) is 6.92 Å². The Morgan fingerprint density at radius 2 is 1.38 bits per heavy atom. The predicted molar refractivity (Wildman–Crippen MR) is 87.5 cm³/mol. The third kappa shape index (κ3) is 16.8. The normalized spacial score (nSPS) is 11.1. The molecule has 0 aromatic heterocycles. The summed E-state index contributed by atoms with van der Waals surface area (Å²) in [6.07, 6.45) is 16.7. The Morgan fingerprint density at radius 3 is 1.95 bits per heavy atom. The summed E-state index contributed by atoms with van der Waals surface area (Å²) in [6.45, 7) is 2.18. The molecule has 3 heteroatoms. The Labute approximate surface area is 129 Å². The number of allylic oxidation sites excluding steroid dienone is 2. The number of hydrogen-bond donors (Lipinski definition) is 1. The quantitative estimate of drug-likeness (QED) is 0.330. The third-order valence-corrected chi connectivity index (χ3v) is 3.59. The van der Waals surface area contributed by atoms with Gasteiger partial charge < -0.3 is 5.11 Å². The molecule has 0 aromatic carbocycles. The number of unbranched alkanes of at least 4 members (excludes halogenated alkanes) is 9. The van der Waals surface area contributed by atoms with E-state index in [4.69, 9.17) is 5.11 Å². The first kappa shape index (κ1) is 19.9. The molecule has 0 heterocycles. The molecule has 0 saturated heterocycles. The van der Waals surface area contributed by atoms with Gasteiger partial charge in [-0.05, 0) is 31.8 Å². The summed E-state index contributed by atoms with van der Waals surface area (Å²) < 4.78 is 0. The second kappa shape index (κ2) is 15.3. The first-order chi connectivity index (χ1) is 10.2. The number of rotatable bonds is 15. The fraction of sp³-hybridized carbons (Fsp3) is 0.778. The van der Waals surface area contributed by atoms with Crippen LogP contribution in [0.25, 0.3) is 0 Å². The molecule has 0 amide bonds. The van der Waals surface area contributed by atoms with E-state index in [9.17, 15) is 9.59 Å². The van der Waals surface area contributed by atoms with Crippen molar-refractivity contribution in [3.8, 4) is 0 Å². The standard InChI is InChI=1S/C18H32O3/c1-2-3-4-8-11-14-17(19)15-12-9-6-5-7-10-13-16-18(20)21/h11,14H,2-10,12-13,15-16H2,1H3,(H,20,21)/b14-11-. The molecule has 0 unspecified atom stereocenters. The molecule has 0 aromatic rings. The minimum Gasteiger partial charge on any atom is -0.481 e. The molecule has 0 aliphatic heterocycles. The molecule has 0 atom stereocenters. The van der Waals surface area contributed by atoms with Gasteiger partial charge in [0, 0.05) is 12.8 Å². The number of aliphatic carboxylic acids is 1. The smallest absolute Gasteiger partial charge is 0.303 e. The number of carbonyl (C=O) groups excluding carboxylic acids is 1. The molecule has 0 saturated carbocycles. The van der Waals surface area contributed by atoms with Crippen LogP contribution >= 0.6 is 0 Å². The van der Waals surface area contributed by atoms with Gasteiger partial charge >= 0.3 is 5.97 Å². The predicted octanol–water partition coefficient (Wildman–Crippen LogP) is 5.29. The summed E-state index contributed by atoms with van der Waals surface area (Å²) in [6, 6.07) is 0. The second-order valence-corrected chi connectivity index (χ2v) is 5.73. The van der Waals surface area contributed by atoms with E-state index in [1.54, 1.807) is 6.08 Å². The Hall–Kier alpha value is -1.12. The van der Waals surface area contributed by atoms with Gasteiger partial charge in [-0.15, -0.1) is 0 Å². The van der Waals surface area contributed by atoms with Crippen LogP contribution in [0.15, 0.2) is 12.2 Å². The van der Waals surface area contributed by atoms with Crippen molar-refractivity contribution in [3.63, 3.8) is 0 Å². The average molecular weight is 296 g/mol. The van der Waals surface area contributed by atoms with Crippen LogP contribution in [0.1, 0.15) is 90.4 Å². The van der Waals surface area contributed by atoms with Crippen LogP contribution in [-0.4, -0.2) is 16.9 Å². The summed E-state index contributed by atoms with van der Waals surface area (Å²) >= 11 is 0. The van der Waals surface area contributed by atoms with Crippen LogP contribution in [0.4, 0.5) is 0 Å². The summed E-state index contributed by atoms with van der Waals surface area (Å²) in [4.78, 5) is 21.9. The van der Waals surface area contributed by atoms with E-state index < -0.39 is 5.97 Å². The lowest BCUT2D eigenvalue weighted by Gasteiger charge is -2.00. The maximum Gasteiger partial charge on any atom is 0.303 e. The highest BCUT2D eigenvalue weighted by Gasteiger charge is 1.98. The average Bonchev–Trinajstić information content (AvgIpc) is 2.45. The molecule has 0 bridgehead atoms. The lowest BCUT2D eigenvalue weighted by molar-refractivity contribution is -0.137. The lowest BCUT2D eigenvalue weighted by atomic mass is 10.1. The maximum absolute atomic E-state index is 11.6. The summed E-state index contributed by atoms with van der Waals surface area (Å²) in [5.41, 5.74) is 0. The molecule has 0 aliphatic rings. The van der Waals surface area contributed by atoms with Crippen molar-refractivity contribution >= 4 is 11.8 Å². The Morgan fingerprint density at radius 1 is 0.810 bits per heavy atom. The van der Waals surface area contributed by atoms with Gasteiger partial charge in [0.15, 0.2) is 5.78 Å². The third-order valence-electron chi connectivity index (χ3n) is 3.59. The summed E-state index contributed by atoms with van der Waals surface area (Å²) in [5, 5.41) is 8.50. The maximum atomic E-state index is 11.6. The van der Waals surface area contributed by atoms with Crippen LogP contribution in [0.3, 0.4) is 0 Å². The van der Waals surface area contributed by atoms with E-state index in [0.717, 1.165) is 51.4 Å². The van der Waals surface area contributed by atoms with Crippen molar-refractivity contribution in [2.45, 2.75) is 90.4 Å². The molecule has 21 heavy (non-hydrogen) atoms. The molecular weight excluding hydrogens is 264 g/mol. The van der Waals surface area contributed by atoms with Gasteiger partial charge in [-0.3, -0.25) is 9.59 Å². The SMILES string of the molecule is CCCCC/C=C\C(=O)CCCCCCCCCC(=O)O. The Balaban J connectivity index is 3.26. The van der Waals surface area contributed by atoms with E-state index in [-0.39, 0.29) is 5.78 Å². The number of ketones is 1. The van der Waals surface area contributed by atoms with Gasteiger partial charge in [-0.25, -0.2) is 0 Å². The van der Waals surface area contributed by atoms with Crippen LogP contribution in [0.5, 0.6) is 0 Å². The van der Waals surface area contributed by atoms with Gasteiger partial charge in [0.1, 0.15) is 0 Å². The van der Waals surface area contributed by atoms with Crippen molar-refractivity contribution in [1.29, 1.82) is 0 Å². The Bertz CT molecular complexity index is 295. The fourth-order valence-electron chi connectivity index (χ4n) is 2.27. The van der Waals surface area contributed by atoms with Crippen molar-refractivity contribution in [3.05, 3.63) is 12.2 Å². The largest absolute Gasteiger partial charge is 0.481 e. The monoisotopic (exact) mass is 296 g/mol. The lowest BCUT2D eigenvalue weighted by Crippen LogP contribution is -1.94. The summed E-state index contributed by atoms with van der Waals surface area (Å²) in [7, 11) is 0. The van der Waals surface area contributed by atoms with Crippen molar-refractivity contribution in [2.24, 2.45) is 0 Å². The van der Waals surface area contributed by atoms with Gasteiger partial charge in [0.2, 0.25) is 0 Å². The van der Waals surface area contributed by atoms with Gasteiger partial charge in [-0.2, -0.15) is 0 Å². The molecule has 0 spiro atoms. The van der Waals surface area contributed by atoms with Crippen molar-refractivity contribution in [2.75, 3.05) is 0 Å². The first-order valence-corrected chi connectivity index (χ1v) is 8.58. The van der Waals surface area contributed by atoms with E-state index >= 15 is 0 Å². The fourth-order valence-corrected chi connectivity index (χ4v) is 2.27. The minimum absolute atomic E-state index is 0.257. The first-order valence-electron chi connectivity index (χ1n) is 8.58. The zero-order chi connectivity index (χ0) is 15.8. The minimum atomic E-state index is -0.698. The highest BCUT2D eigenvalue weighted by atomic mass is 16.4. The zero-order valence-corrected chi connectivity index (χ0v) is 13.6. The molecule has 122 valence electrons. The van der Waals surface area contributed by atoms with Gasteiger partial charge in [0.05, 0.1) is 0 Å². The van der Waals surface area contributed by atoms with Crippen LogP contribution < -0.4 is 0 Å². The van der Waals surface area contributed by atoms with Crippen molar-refractivity contribution < 1.29 is 14.7 Å². The molecule has 0 fully saturated rings. The van der Waals surface area contributed by atoms with E-state index in [1.165, 1.54) is 19.3 Å². The van der Waals surface area contributed by atoms with Crippen LogP contribution in [-0.2, 0) is 9.59 Å². The molecular formula is C18H32O3. The number of carboxylic acid groups (broad SMARTS) is 1. The topological polar surface area (TPSA) is 54.4 Å². The van der Waals surface area contributed by atoms with E-state index in [1.807, 2.05) is 6.08 Å². The van der Waals surface area contributed by atoms with Gasteiger partial charge in [-0.1, -0.05) is 57.9 Å². The number of carboxylic acids is 1. The Kier molecular flexibility index (Phi) is 14.5. The highest BCUT2D eigenvalue weighted by molar-refractivity contribution is 5.89. The molecule has 0 rings (SSSR count). The summed E-state index contributed by atoms with van der Waals surface area (Å²) in [5.74, 6) is -0.441. The van der Waals surface area contributed by atoms with Crippen LogP contribution in [0, 0.1) is 0 Å². The molecule has 0 aliphatic carbocycles. The van der Waals surface area contributed by atoms with Crippen molar-refractivity contribution in [1.82, 2.24) is 0 Å².